The van der Waals surface area contributed by atoms with Gasteiger partial charge in [0.25, 0.3) is 0 Å². The molecule has 0 bridgehead atoms. The van der Waals surface area contributed by atoms with E-state index in [9.17, 15) is 19.5 Å². The van der Waals surface area contributed by atoms with E-state index in [1.165, 1.54) is 0 Å². The highest BCUT2D eigenvalue weighted by Gasteiger charge is 2.51. The Bertz CT molecular complexity index is 1560. The van der Waals surface area contributed by atoms with E-state index in [2.05, 4.69) is 39.5 Å². The van der Waals surface area contributed by atoms with Gasteiger partial charge in [-0.1, -0.05) is 73.7 Å². The van der Waals surface area contributed by atoms with Crippen molar-refractivity contribution in [2.75, 3.05) is 31.2 Å². The topological polar surface area (TPSA) is 141 Å². The molecule has 3 aliphatic heterocycles. The standard InChI is InChI=1S/C37H44N4O7/c1-25-31(22-40-19-17-37(18-20-40)36(46)39-24-41(37)30-5-3-2-4-6-30)47-35(48-34(25)28-11-9-27(23-42)10-12-28)29-13-7-26(8-14-29)21-38-32(43)15-16-33(44)45/h2-14,25,31,34-35,42H,15-24H2,1H3,(H,38,43)(H,39,46)(H,44,45)/t25-,31+,34+,35+/m1/s1. The Morgan fingerprint density at radius 1 is 0.917 bits per heavy atom. The predicted molar refractivity (Wildman–Crippen MR) is 178 cm³/mol. The van der Waals surface area contributed by atoms with Crippen LogP contribution in [0.15, 0.2) is 78.9 Å². The van der Waals surface area contributed by atoms with Crippen LogP contribution in [0.3, 0.4) is 0 Å². The Morgan fingerprint density at radius 3 is 2.25 bits per heavy atom. The summed E-state index contributed by atoms with van der Waals surface area (Å²) in [5.74, 6) is -1.20. The second-order valence-corrected chi connectivity index (χ2v) is 13.0. The second kappa shape index (κ2) is 14.9. The Morgan fingerprint density at radius 2 is 1.58 bits per heavy atom. The normalized spacial score (nSPS) is 24.0. The minimum atomic E-state index is -1.00. The molecule has 48 heavy (non-hydrogen) atoms. The molecule has 3 aromatic rings. The van der Waals surface area contributed by atoms with E-state index in [1.54, 1.807) is 0 Å². The molecule has 0 radical (unpaired) electrons. The number of para-hydroxylation sites is 1. The highest BCUT2D eigenvalue weighted by atomic mass is 16.7. The van der Waals surface area contributed by atoms with Crippen LogP contribution < -0.4 is 15.5 Å². The largest absolute Gasteiger partial charge is 0.481 e. The summed E-state index contributed by atoms with van der Waals surface area (Å²) in [4.78, 5) is 40.6. The van der Waals surface area contributed by atoms with Gasteiger partial charge < -0.3 is 40.1 Å². The SMILES string of the molecule is C[C@@H]1[C@H](CN2CCC3(CC2)C(=O)NCN3c2ccccc2)O[C@H](c2ccc(CNC(=O)CCC(=O)O)cc2)O[C@@H]1c1ccc(CO)cc1. The van der Waals surface area contributed by atoms with E-state index in [0.29, 0.717) is 19.8 Å². The summed E-state index contributed by atoms with van der Waals surface area (Å²) in [6.45, 7) is 5.13. The zero-order valence-corrected chi connectivity index (χ0v) is 27.2. The van der Waals surface area contributed by atoms with Crippen molar-refractivity contribution in [1.82, 2.24) is 15.5 Å². The number of nitrogens with one attached hydrogen (secondary N) is 2. The van der Waals surface area contributed by atoms with Gasteiger partial charge in [-0.05, 0) is 41.7 Å². The van der Waals surface area contributed by atoms with Crippen LogP contribution in [0.5, 0.6) is 0 Å². The van der Waals surface area contributed by atoms with Crippen LogP contribution in [-0.4, -0.2) is 70.8 Å². The predicted octanol–water partition coefficient (Wildman–Crippen LogP) is 3.88. The number of aliphatic hydroxyl groups excluding tert-OH is 1. The van der Waals surface area contributed by atoms with Crippen molar-refractivity contribution in [2.24, 2.45) is 5.92 Å². The van der Waals surface area contributed by atoms with Gasteiger partial charge >= 0.3 is 5.97 Å². The fourth-order valence-corrected chi connectivity index (χ4v) is 7.02. The Hall–Kier alpha value is -4.29. The molecule has 2 amide bonds. The van der Waals surface area contributed by atoms with Crippen LogP contribution >= 0.6 is 0 Å². The minimum Gasteiger partial charge on any atom is -0.481 e. The highest BCUT2D eigenvalue weighted by molar-refractivity contribution is 5.93. The molecule has 254 valence electrons. The number of carbonyl (C=O) groups excluding carboxylic acids is 2. The van der Waals surface area contributed by atoms with Gasteiger partial charge in [-0.15, -0.1) is 0 Å². The molecule has 3 aliphatic rings. The van der Waals surface area contributed by atoms with Crippen molar-refractivity contribution >= 4 is 23.5 Å². The number of aliphatic hydroxyl groups is 1. The lowest BCUT2D eigenvalue weighted by Gasteiger charge is -2.46. The molecule has 0 unspecified atom stereocenters. The van der Waals surface area contributed by atoms with Gasteiger partial charge in [-0.2, -0.15) is 0 Å². The molecule has 0 aromatic heterocycles. The van der Waals surface area contributed by atoms with E-state index in [-0.39, 0.29) is 49.4 Å². The molecule has 4 N–H and O–H groups in total. The summed E-state index contributed by atoms with van der Waals surface area (Å²) in [5, 5.41) is 24.3. The fourth-order valence-electron chi connectivity index (χ4n) is 7.02. The van der Waals surface area contributed by atoms with Crippen molar-refractivity contribution in [3.63, 3.8) is 0 Å². The maximum atomic E-state index is 13.2. The van der Waals surface area contributed by atoms with Crippen molar-refractivity contribution in [2.45, 2.75) is 69.8 Å². The molecular weight excluding hydrogens is 612 g/mol. The smallest absolute Gasteiger partial charge is 0.303 e. The molecule has 11 nitrogen and oxygen atoms in total. The molecule has 0 saturated carbocycles. The Kier molecular flexibility index (Phi) is 10.4. The van der Waals surface area contributed by atoms with Gasteiger partial charge in [0.1, 0.15) is 5.54 Å². The number of rotatable bonds is 11. The summed E-state index contributed by atoms with van der Waals surface area (Å²) in [6.07, 6.45) is 0.136. The second-order valence-electron chi connectivity index (χ2n) is 13.0. The van der Waals surface area contributed by atoms with Crippen molar-refractivity contribution in [3.8, 4) is 0 Å². The lowest BCUT2D eigenvalue weighted by atomic mass is 9.84. The summed E-state index contributed by atoms with van der Waals surface area (Å²) in [5.41, 5.74) is 4.06. The number of carboxylic acid groups (broad SMARTS) is 1. The number of hydrogen-bond donors (Lipinski definition) is 4. The zero-order valence-electron chi connectivity index (χ0n) is 27.2. The number of likely N-dealkylation sites (tertiary alicyclic amines) is 1. The van der Waals surface area contributed by atoms with Gasteiger partial charge in [0.2, 0.25) is 11.8 Å². The van der Waals surface area contributed by atoms with E-state index in [1.807, 2.05) is 66.7 Å². The minimum absolute atomic E-state index is 0.0213. The average molecular weight is 657 g/mol. The zero-order chi connectivity index (χ0) is 33.7. The third-order valence-electron chi connectivity index (χ3n) is 9.96. The monoisotopic (exact) mass is 656 g/mol. The molecule has 0 aliphatic carbocycles. The highest BCUT2D eigenvalue weighted by Crippen LogP contribution is 2.43. The van der Waals surface area contributed by atoms with Crippen LogP contribution in [-0.2, 0) is 37.0 Å². The molecule has 3 aromatic carbocycles. The van der Waals surface area contributed by atoms with Crippen molar-refractivity contribution in [3.05, 3.63) is 101 Å². The third-order valence-corrected chi connectivity index (χ3v) is 9.96. The summed E-state index contributed by atoms with van der Waals surface area (Å²) >= 11 is 0. The van der Waals surface area contributed by atoms with Gasteiger partial charge in [0, 0.05) is 49.8 Å². The van der Waals surface area contributed by atoms with Crippen LogP contribution in [0.25, 0.3) is 0 Å². The number of ether oxygens (including phenoxy) is 2. The first-order chi connectivity index (χ1) is 23.3. The average Bonchev–Trinajstić information content (AvgIpc) is 3.43. The van der Waals surface area contributed by atoms with Crippen molar-refractivity contribution in [1.29, 1.82) is 0 Å². The lowest BCUT2D eigenvalue weighted by molar-refractivity contribution is -0.276. The first kappa shape index (κ1) is 33.6. The number of aliphatic carboxylic acids is 1. The molecule has 3 saturated heterocycles. The van der Waals surface area contributed by atoms with Crippen LogP contribution in [0.4, 0.5) is 5.69 Å². The summed E-state index contributed by atoms with van der Waals surface area (Å²) in [6, 6.07) is 25.6. The maximum Gasteiger partial charge on any atom is 0.303 e. The number of nitrogens with zero attached hydrogens (tertiary/aromatic N) is 2. The van der Waals surface area contributed by atoms with E-state index >= 15 is 0 Å². The number of hydrogen-bond acceptors (Lipinski definition) is 8. The molecule has 4 atom stereocenters. The maximum absolute atomic E-state index is 13.2. The molecule has 3 fully saturated rings. The van der Waals surface area contributed by atoms with Crippen molar-refractivity contribution < 1.29 is 34.1 Å². The van der Waals surface area contributed by atoms with Gasteiger partial charge in [0.05, 0.1) is 31.9 Å². The first-order valence-electron chi connectivity index (χ1n) is 16.7. The molecule has 11 heteroatoms. The third kappa shape index (κ3) is 7.39. The molecule has 3 heterocycles. The van der Waals surface area contributed by atoms with E-state index in [4.69, 9.17) is 14.6 Å². The number of carboxylic acids is 1. The summed E-state index contributed by atoms with van der Waals surface area (Å²) in [7, 11) is 0. The lowest BCUT2D eigenvalue weighted by Crippen LogP contribution is -2.57. The fraction of sp³-hybridized carbons (Fsp3) is 0.432. The van der Waals surface area contributed by atoms with E-state index < -0.39 is 17.8 Å². The van der Waals surface area contributed by atoms with Gasteiger partial charge in [-0.25, -0.2) is 0 Å². The number of piperidine rings is 1. The van der Waals surface area contributed by atoms with Gasteiger partial charge in [0.15, 0.2) is 6.29 Å². The number of benzene rings is 3. The quantitative estimate of drug-likeness (QED) is 0.242. The van der Waals surface area contributed by atoms with Crippen LogP contribution in [0, 0.1) is 5.92 Å². The number of anilines is 1. The number of carbonyl (C=O) groups is 3. The number of amides is 2. The molecular formula is C37H44N4O7. The van der Waals surface area contributed by atoms with Crippen LogP contribution in [0.1, 0.15) is 67.3 Å². The first-order valence-corrected chi connectivity index (χ1v) is 16.7. The van der Waals surface area contributed by atoms with Crippen LogP contribution in [0.2, 0.25) is 0 Å². The molecule has 6 rings (SSSR count). The van der Waals surface area contributed by atoms with E-state index in [0.717, 1.165) is 53.9 Å². The molecule has 1 spiro atoms. The van der Waals surface area contributed by atoms with Gasteiger partial charge in [-0.3, -0.25) is 14.4 Å². The summed E-state index contributed by atoms with van der Waals surface area (Å²) < 4.78 is 13.3. The Balaban J connectivity index is 1.15. The Labute approximate surface area is 280 Å².